The summed E-state index contributed by atoms with van der Waals surface area (Å²) in [5, 5.41) is 19.5. The molecule has 4 rings (SSSR count). The summed E-state index contributed by atoms with van der Waals surface area (Å²) < 4.78 is 10.6. The highest BCUT2D eigenvalue weighted by Crippen LogP contribution is 2.31. The largest absolute Gasteiger partial charge is 0.493 e. The third-order valence-corrected chi connectivity index (χ3v) is 5.55. The van der Waals surface area contributed by atoms with Gasteiger partial charge in [-0.3, -0.25) is 14.9 Å². The minimum atomic E-state index is -0.482. The molecular formula is C23H23N5O5. The van der Waals surface area contributed by atoms with Crippen molar-refractivity contribution in [3.63, 3.8) is 0 Å². The Morgan fingerprint density at radius 2 is 1.61 bits per heavy atom. The van der Waals surface area contributed by atoms with Gasteiger partial charge in [0, 0.05) is 49.4 Å². The zero-order valence-electron chi connectivity index (χ0n) is 18.3. The summed E-state index contributed by atoms with van der Waals surface area (Å²) >= 11 is 0. The number of rotatable bonds is 6. The number of aromatic nitrogens is 2. The molecule has 170 valence electrons. The normalized spacial score (nSPS) is 13.5. The molecule has 0 unspecified atom stereocenters. The fourth-order valence-corrected chi connectivity index (χ4v) is 3.69. The first-order valence-electron chi connectivity index (χ1n) is 10.3. The van der Waals surface area contributed by atoms with E-state index in [-0.39, 0.29) is 11.6 Å². The van der Waals surface area contributed by atoms with E-state index in [0.29, 0.717) is 48.9 Å². The molecule has 0 bridgehead atoms. The molecule has 2 heterocycles. The summed E-state index contributed by atoms with van der Waals surface area (Å²) in [4.78, 5) is 26.8. The maximum atomic E-state index is 12.7. The van der Waals surface area contributed by atoms with E-state index >= 15 is 0 Å². The van der Waals surface area contributed by atoms with Crippen LogP contribution in [0.1, 0.15) is 10.4 Å². The molecule has 10 nitrogen and oxygen atoms in total. The highest BCUT2D eigenvalue weighted by molar-refractivity contribution is 5.94. The number of nitrogens with zero attached hydrogens (tertiary/aromatic N) is 5. The van der Waals surface area contributed by atoms with Crippen LogP contribution in [-0.2, 0) is 0 Å². The average Bonchev–Trinajstić information content (AvgIpc) is 2.88. The summed E-state index contributed by atoms with van der Waals surface area (Å²) in [6, 6.07) is 15.1. The third-order valence-electron chi connectivity index (χ3n) is 5.55. The molecule has 1 aliphatic rings. The van der Waals surface area contributed by atoms with Crippen molar-refractivity contribution in [2.75, 3.05) is 45.3 Å². The van der Waals surface area contributed by atoms with Gasteiger partial charge in [0.2, 0.25) is 0 Å². The topological polar surface area (TPSA) is 111 Å². The molecule has 0 radical (unpaired) electrons. The molecule has 10 heteroatoms. The van der Waals surface area contributed by atoms with Crippen molar-refractivity contribution in [3.05, 3.63) is 70.3 Å². The van der Waals surface area contributed by atoms with Gasteiger partial charge in [0.1, 0.15) is 0 Å². The van der Waals surface area contributed by atoms with Gasteiger partial charge in [-0.2, -0.15) is 0 Å². The molecule has 1 fully saturated rings. The highest BCUT2D eigenvalue weighted by Gasteiger charge is 2.23. The predicted octanol–water partition coefficient (Wildman–Crippen LogP) is 3.03. The summed E-state index contributed by atoms with van der Waals surface area (Å²) in [6.07, 6.45) is 0. The molecule has 33 heavy (non-hydrogen) atoms. The lowest BCUT2D eigenvalue weighted by atomic mass is 10.1. The second kappa shape index (κ2) is 9.51. The number of carbonyl (C=O) groups excluding carboxylic acids is 1. The Hall–Kier alpha value is -4.21. The fraction of sp³-hybridized carbons (Fsp3) is 0.261. The number of non-ortho nitro benzene ring substituents is 1. The first kappa shape index (κ1) is 22.0. The van der Waals surface area contributed by atoms with Gasteiger partial charge in [-0.15, -0.1) is 10.2 Å². The first-order valence-corrected chi connectivity index (χ1v) is 10.3. The number of benzene rings is 2. The zero-order valence-corrected chi connectivity index (χ0v) is 18.3. The van der Waals surface area contributed by atoms with Crippen LogP contribution in [0, 0.1) is 10.1 Å². The van der Waals surface area contributed by atoms with Gasteiger partial charge in [-0.1, -0.05) is 0 Å². The van der Waals surface area contributed by atoms with Crippen molar-refractivity contribution in [1.82, 2.24) is 15.1 Å². The molecule has 0 aliphatic carbocycles. The number of amides is 1. The van der Waals surface area contributed by atoms with E-state index in [0.717, 1.165) is 11.4 Å². The Bertz CT molecular complexity index is 1140. The van der Waals surface area contributed by atoms with Crippen LogP contribution < -0.4 is 14.4 Å². The van der Waals surface area contributed by atoms with E-state index in [1.165, 1.54) is 24.3 Å². The third kappa shape index (κ3) is 4.69. The van der Waals surface area contributed by atoms with E-state index < -0.39 is 4.92 Å². The van der Waals surface area contributed by atoms with Gasteiger partial charge < -0.3 is 19.3 Å². The Morgan fingerprint density at radius 3 is 2.18 bits per heavy atom. The number of hydrogen-bond acceptors (Lipinski definition) is 8. The maximum absolute atomic E-state index is 12.7. The lowest BCUT2D eigenvalue weighted by Gasteiger charge is -2.35. The number of hydrogen-bond donors (Lipinski definition) is 0. The lowest BCUT2D eigenvalue weighted by Crippen LogP contribution is -2.49. The predicted molar refractivity (Wildman–Crippen MR) is 122 cm³/mol. The van der Waals surface area contributed by atoms with Crippen molar-refractivity contribution in [2.45, 2.75) is 0 Å². The van der Waals surface area contributed by atoms with E-state index in [1.54, 1.807) is 19.1 Å². The Kier molecular flexibility index (Phi) is 6.34. The Balaban J connectivity index is 1.39. The highest BCUT2D eigenvalue weighted by atomic mass is 16.6. The van der Waals surface area contributed by atoms with Gasteiger partial charge in [0.25, 0.3) is 11.6 Å². The molecule has 3 aromatic rings. The average molecular weight is 449 g/mol. The summed E-state index contributed by atoms with van der Waals surface area (Å²) in [5.41, 5.74) is 1.98. The van der Waals surface area contributed by atoms with E-state index in [1.807, 2.05) is 30.3 Å². The van der Waals surface area contributed by atoms with Crippen LogP contribution >= 0.6 is 0 Å². The van der Waals surface area contributed by atoms with Crippen molar-refractivity contribution in [3.8, 4) is 22.8 Å². The number of nitro benzene ring substituents is 1. The van der Waals surface area contributed by atoms with Gasteiger partial charge in [0.15, 0.2) is 17.3 Å². The molecule has 1 aliphatic heterocycles. The van der Waals surface area contributed by atoms with Gasteiger partial charge in [-0.25, -0.2) is 0 Å². The summed E-state index contributed by atoms with van der Waals surface area (Å²) in [7, 11) is 3.17. The number of anilines is 1. The smallest absolute Gasteiger partial charge is 0.269 e. The van der Waals surface area contributed by atoms with Crippen LogP contribution in [0.3, 0.4) is 0 Å². The minimum Gasteiger partial charge on any atom is -0.493 e. The van der Waals surface area contributed by atoms with Crippen molar-refractivity contribution in [1.29, 1.82) is 0 Å². The lowest BCUT2D eigenvalue weighted by molar-refractivity contribution is -0.384. The molecule has 1 aromatic heterocycles. The van der Waals surface area contributed by atoms with E-state index in [2.05, 4.69) is 15.1 Å². The second-order valence-electron chi connectivity index (χ2n) is 7.43. The van der Waals surface area contributed by atoms with Crippen molar-refractivity contribution in [2.24, 2.45) is 0 Å². The Labute approximate surface area is 190 Å². The van der Waals surface area contributed by atoms with Crippen LogP contribution in [0.5, 0.6) is 11.5 Å². The molecule has 0 spiro atoms. The number of ether oxygens (including phenoxy) is 2. The quantitative estimate of drug-likeness (QED) is 0.417. The molecular weight excluding hydrogens is 426 g/mol. The molecule has 1 amide bonds. The van der Waals surface area contributed by atoms with Crippen LogP contribution in [0.15, 0.2) is 54.6 Å². The summed E-state index contributed by atoms with van der Waals surface area (Å²) in [5.74, 6) is 1.86. The minimum absolute atomic E-state index is 0.0357. The number of nitro groups is 1. The standard InChI is InChI=1S/C23H23N5O5/c1-32-20-9-5-17(15-21(20)33-2)19-8-10-22(25-24-19)26-11-13-27(14-12-26)23(29)16-3-6-18(7-4-16)28(30)31/h3-10,15H,11-14H2,1-2H3. The second-order valence-corrected chi connectivity index (χ2v) is 7.43. The zero-order chi connectivity index (χ0) is 23.4. The van der Waals surface area contributed by atoms with Crippen LogP contribution in [0.2, 0.25) is 0 Å². The summed E-state index contributed by atoms with van der Waals surface area (Å²) in [6.45, 7) is 2.27. The first-order chi connectivity index (χ1) is 16.0. The van der Waals surface area contributed by atoms with Gasteiger partial charge >= 0.3 is 0 Å². The Morgan fingerprint density at radius 1 is 0.909 bits per heavy atom. The molecule has 0 N–H and O–H groups in total. The molecule has 2 aromatic carbocycles. The molecule has 1 saturated heterocycles. The number of carbonyl (C=O) groups is 1. The number of piperazine rings is 1. The SMILES string of the molecule is COc1ccc(-c2ccc(N3CCN(C(=O)c4ccc([N+](=O)[O-])cc4)CC3)nn2)cc1OC. The van der Waals surface area contributed by atoms with Crippen LogP contribution in [0.25, 0.3) is 11.3 Å². The monoisotopic (exact) mass is 449 g/mol. The van der Waals surface area contributed by atoms with E-state index in [4.69, 9.17) is 9.47 Å². The van der Waals surface area contributed by atoms with E-state index in [9.17, 15) is 14.9 Å². The number of methoxy groups -OCH3 is 2. The van der Waals surface area contributed by atoms with Crippen molar-refractivity contribution < 1.29 is 19.2 Å². The van der Waals surface area contributed by atoms with Crippen molar-refractivity contribution >= 4 is 17.4 Å². The van der Waals surface area contributed by atoms with Crippen LogP contribution in [0.4, 0.5) is 11.5 Å². The van der Waals surface area contributed by atoms with Gasteiger partial charge in [0.05, 0.1) is 24.8 Å². The van der Waals surface area contributed by atoms with Crippen LogP contribution in [-0.4, -0.2) is 66.3 Å². The molecule has 0 atom stereocenters. The maximum Gasteiger partial charge on any atom is 0.269 e. The van der Waals surface area contributed by atoms with Gasteiger partial charge in [-0.05, 0) is 42.5 Å². The fourth-order valence-electron chi connectivity index (χ4n) is 3.69. The molecule has 0 saturated carbocycles.